The molecular formula is C12H8Cl3NO2S. The fourth-order valence-electron chi connectivity index (χ4n) is 1.45. The van der Waals surface area contributed by atoms with Gasteiger partial charge in [-0.05, 0) is 19.1 Å². The maximum atomic E-state index is 11.8. The Labute approximate surface area is 128 Å². The van der Waals surface area contributed by atoms with E-state index in [9.17, 15) is 9.90 Å². The van der Waals surface area contributed by atoms with Crippen molar-refractivity contribution in [2.24, 2.45) is 0 Å². The van der Waals surface area contributed by atoms with E-state index in [-0.39, 0.29) is 16.2 Å². The number of aromatic hydroxyl groups is 1. The van der Waals surface area contributed by atoms with E-state index in [4.69, 9.17) is 34.8 Å². The lowest BCUT2D eigenvalue weighted by Gasteiger charge is -2.07. The monoisotopic (exact) mass is 335 g/mol. The van der Waals surface area contributed by atoms with Crippen molar-refractivity contribution in [1.29, 1.82) is 0 Å². The summed E-state index contributed by atoms with van der Waals surface area (Å²) in [5.74, 6) is -0.103. The van der Waals surface area contributed by atoms with Crippen molar-refractivity contribution in [2.75, 3.05) is 0 Å². The summed E-state index contributed by atoms with van der Waals surface area (Å²) in [6.07, 6.45) is 0. The number of H-pyrrole nitrogens is 1. The zero-order chi connectivity index (χ0) is 14.2. The number of halogens is 3. The van der Waals surface area contributed by atoms with Crippen molar-refractivity contribution in [2.45, 2.75) is 16.7 Å². The number of aromatic nitrogens is 1. The molecule has 0 spiro atoms. The molecule has 7 heteroatoms. The number of aromatic amines is 1. The highest BCUT2D eigenvalue weighted by atomic mass is 35.5. The number of pyridine rings is 1. The Bertz CT molecular complexity index is 700. The van der Waals surface area contributed by atoms with Crippen LogP contribution in [0.25, 0.3) is 0 Å². The van der Waals surface area contributed by atoms with E-state index >= 15 is 0 Å². The molecule has 0 amide bonds. The Morgan fingerprint density at radius 3 is 2.37 bits per heavy atom. The topological polar surface area (TPSA) is 53.1 Å². The van der Waals surface area contributed by atoms with Crippen molar-refractivity contribution >= 4 is 46.6 Å². The van der Waals surface area contributed by atoms with Crippen LogP contribution in [0.4, 0.5) is 0 Å². The average Bonchev–Trinajstić information content (AvgIpc) is 2.29. The van der Waals surface area contributed by atoms with Crippen LogP contribution in [0, 0.1) is 6.92 Å². The Morgan fingerprint density at radius 2 is 1.74 bits per heavy atom. The van der Waals surface area contributed by atoms with Crippen LogP contribution in [-0.4, -0.2) is 10.1 Å². The summed E-state index contributed by atoms with van der Waals surface area (Å²) in [7, 11) is 0. The van der Waals surface area contributed by atoms with Gasteiger partial charge in [-0.1, -0.05) is 46.6 Å². The van der Waals surface area contributed by atoms with E-state index in [1.807, 2.05) is 0 Å². The number of hydrogen-bond donors (Lipinski definition) is 2. The van der Waals surface area contributed by atoms with Gasteiger partial charge in [0, 0.05) is 16.7 Å². The first-order chi connectivity index (χ1) is 8.88. The lowest BCUT2D eigenvalue weighted by Crippen LogP contribution is -2.09. The summed E-state index contributed by atoms with van der Waals surface area (Å²) in [5.41, 5.74) is 0.191. The molecular weight excluding hydrogens is 329 g/mol. The van der Waals surface area contributed by atoms with Crippen molar-refractivity contribution in [3.63, 3.8) is 0 Å². The first-order valence-electron chi connectivity index (χ1n) is 5.13. The SMILES string of the molecule is Cc1cc(O)c(Sc2cc(Cl)c(Cl)cc2Cl)c(=O)[nH]1. The fourth-order valence-corrected chi connectivity index (χ4v) is 3.04. The van der Waals surface area contributed by atoms with Crippen molar-refractivity contribution in [3.05, 3.63) is 49.3 Å². The van der Waals surface area contributed by atoms with Gasteiger partial charge in [0.2, 0.25) is 0 Å². The second kappa shape index (κ2) is 5.67. The summed E-state index contributed by atoms with van der Waals surface area (Å²) in [6, 6.07) is 4.51. The minimum atomic E-state index is -0.385. The molecule has 1 heterocycles. The molecule has 0 unspecified atom stereocenters. The lowest BCUT2D eigenvalue weighted by atomic mass is 10.3. The van der Waals surface area contributed by atoms with Crippen LogP contribution in [0.2, 0.25) is 15.1 Å². The van der Waals surface area contributed by atoms with Gasteiger partial charge < -0.3 is 10.1 Å². The Kier molecular flexibility index (Phi) is 4.36. The van der Waals surface area contributed by atoms with E-state index < -0.39 is 0 Å². The van der Waals surface area contributed by atoms with Gasteiger partial charge in [-0.25, -0.2) is 0 Å². The largest absolute Gasteiger partial charge is 0.506 e. The maximum absolute atomic E-state index is 11.8. The van der Waals surface area contributed by atoms with Crippen molar-refractivity contribution < 1.29 is 5.11 Å². The fraction of sp³-hybridized carbons (Fsp3) is 0.0833. The molecule has 1 aromatic heterocycles. The molecule has 100 valence electrons. The third-order valence-corrected chi connectivity index (χ3v) is 4.59. The van der Waals surface area contributed by atoms with Gasteiger partial charge in [0.1, 0.15) is 10.6 Å². The molecule has 0 radical (unpaired) electrons. The molecule has 2 aromatic rings. The van der Waals surface area contributed by atoms with Gasteiger partial charge in [-0.15, -0.1) is 0 Å². The zero-order valence-electron chi connectivity index (χ0n) is 9.63. The molecule has 0 aliphatic carbocycles. The summed E-state index contributed by atoms with van der Waals surface area (Å²) < 4.78 is 0. The first-order valence-corrected chi connectivity index (χ1v) is 7.09. The standard InChI is InChI=1S/C12H8Cl3NO2S/c1-5-2-9(17)11(12(18)16-5)19-10-4-7(14)6(13)3-8(10)15/h2-4H,1H3,(H2,16,17,18). The lowest BCUT2D eigenvalue weighted by molar-refractivity contribution is 0.459. The van der Waals surface area contributed by atoms with E-state index in [0.29, 0.717) is 25.7 Å². The normalized spacial score (nSPS) is 10.7. The Balaban J connectivity index is 2.48. The smallest absolute Gasteiger partial charge is 0.265 e. The summed E-state index contributed by atoms with van der Waals surface area (Å²) in [6.45, 7) is 1.68. The van der Waals surface area contributed by atoms with Crippen LogP contribution < -0.4 is 5.56 Å². The molecule has 0 bridgehead atoms. The summed E-state index contributed by atoms with van der Waals surface area (Å²) in [4.78, 5) is 15.1. The van der Waals surface area contributed by atoms with Gasteiger partial charge in [-0.3, -0.25) is 4.79 Å². The molecule has 0 saturated heterocycles. The Morgan fingerprint density at radius 1 is 1.11 bits per heavy atom. The quantitative estimate of drug-likeness (QED) is 0.794. The molecule has 0 aliphatic heterocycles. The number of aryl methyl sites for hydroxylation is 1. The predicted molar refractivity (Wildman–Crippen MR) is 79.1 cm³/mol. The molecule has 0 fully saturated rings. The highest BCUT2D eigenvalue weighted by Gasteiger charge is 2.13. The highest BCUT2D eigenvalue weighted by molar-refractivity contribution is 7.99. The number of hydrogen-bond acceptors (Lipinski definition) is 3. The average molecular weight is 337 g/mol. The Hall–Kier alpha value is -0.810. The minimum absolute atomic E-state index is 0.103. The third kappa shape index (κ3) is 3.20. The van der Waals surface area contributed by atoms with Gasteiger partial charge >= 0.3 is 0 Å². The molecule has 2 N–H and O–H groups in total. The van der Waals surface area contributed by atoms with Crippen molar-refractivity contribution in [3.8, 4) is 5.75 Å². The van der Waals surface area contributed by atoms with Crippen LogP contribution in [0.1, 0.15) is 5.69 Å². The maximum Gasteiger partial charge on any atom is 0.265 e. The van der Waals surface area contributed by atoms with Crippen LogP contribution in [0.15, 0.2) is 32.8 Å². The predicted octanol–water partition coefficient (Wildman–Crippen LogP) is 4.50. The number of benzene rings is 1. The van der Waals surface area contributed by atoms with E-state index in [1.165, 1.54) is 12.1 Å². The van der Waals surface area contributed by atoms with E-state index in [2.05, 4.69) is 4.98 Å². The molecule has 0 atom stereocenters. The molecule has 19 heavy (non-hydrogen) atoms. The van der Waals surface area contributed by atoms with Crippen LogP contribution in [-0.2, 0) is 0 Å². The molecule has 1 aromatic carbocycles. The van der Waals surface area contributed by atoms with E-state index in [1.54, 1.807) is 13.0 Å². The second-order valence-corrected chi connectivity index (χ2v) is 6.07. The highest BCUT2D eigenvalue weighted by Crippen LogP contribution is 2.39. The third-order valence-electron chi connectivity index (χ3n) is 2.29. The molecule has 0 saturated carbocycles. The van der Waals surface area contributed by atoms with Crippen LogP contribution in [0.3, 0.4) is 0 Å². The summed E-state index contributed by atoms with van der Waals surface area (Å²) in [5, 5.41) is 10.8. The minimum Gasteiger partial charge on any atom is -0.506 e. The van der Waals surface area contributed by atoms with Gasteiger partial charge in [0.25, 0.3) is 5.56 Å². The van der Waals surface area contributed by atoms with Gasteiger partial charge in [-0.2, -0.15) is 0 Å². The van der Waals surface area contributed by atoms with Crippen LogP contribution in [0.5, 0.6) is 5.75 Å². The number of rotatable bonds is 2. The van der Waals surface area contributed by atoms with Crippen molar-refractivity contribution in [1.82, 2.24) is 4.98 Å². The molecule has 3 nitrogen and oxygen atoms in total. The second-order valence-electron chi connectivity index (χ2n) is 3.79. The van der Waals surface area contributed by atoms with E-state index in [0.717, 1.165) is 11.8 Å². The zero-order valence-corrected chi connectivity index (χ0v) is 12.7. The van der Waals surface area contributed by atoms with Crippen LogP contribution >= 0.6 is 46.6 Å². The molecule has 0 aliphatic rings. The van der Waals surface area contributed by atoms with Gasteiger partial charge in [0.05, 0.1) is 15.1 Å². The first kappa shape index (κ1) is 14.6. The van der Waals surface area contributed by atoms with Gasteiger partial charge in [0.15, 0.2) is 0 Å². The molecule has 2 rings (SSSR count). The number of nitrogens with one attached hydrogen (secondary N) is 1. The summed E-state index contributed by atoms with van der Waals surface area (Å²) >= 11 is 18.8.